The van der Waals surface area contributed by atoms with Crippen LogP contribution in [0.25, 0.3) is 12.2 Å². The standard InChI is InChI=1S/C14H12ClF3O2/c1-3-10-5-4-6-11(9(10)2)7-12(15)13(19)20-8-14(16,17)18/h3-7H,1,8H2,2H3/b12-7-. The second-order valence-corrected chi connectivity index (χ2v) is 4.36. The molecule has 0 bridgehead atoms. The van der Waals surface area contributed by atoms with Crippen LogP contribution in [0.3, 0.4) is 0 Å². The Hall–Kier alpha value is -1.75. The SMILES string of the molecule is C=Cc1cccc(/C=C(\Cl)C(=O)OCC(F)(F)F)c1C. The molecule has 6 heteroatoms. The van der Waals surface area contributed by atoms with Gasteiger partial charge in [0, 0.05) is 0 Å². The van der Waals surface area contributed by atoms with E-state index < -0.39 is 23.8 Å². The minimum Gasteiger partial charge on any atom is -0.452 e. The van der Waals surface area contributed by atoms with Crippen LogP contribution in [0.2, 0.25) is 0 Å². The molecular weight excluding hydrogens is 293 g/mol. The van der Waals surface area contributed by atoms with Crippen molar-refractivity contribution in [2.24, 2.45) is 0 Å². The maximum absolute atomic E-state index is 11.9. The molecule has 0 aliphatic heterocycles. The number of carbonyl (C=O) groups excluding carboxylic acids is 1. The van der Waals surface area contributed by atoms with Gasteiger partial charge in [-0.3, -0.25) is 0 Å². The highest BCUT2D eigenvalue weighted by Crippen LogP contribution is 2.21. The fourth-order valence-electron chi connectivity index (χ4n) is 1.46. The molecule has 2 nitrogen and oxygen atoms in total. The molecule has 0 spiro atoms. The van der Waals surface area contributed by atoms with Crippen molar-refractivity contribution in [3.05, 3.63) is 46.5 Å². The van der Waals surface area contributed by atoms with E-state index in [9.17, 15) is 18.0 Å². The molecule has 0 unspecified atom stereocenters. The zero-order chi connectivity index (χ0) is 15.3. The highest BCUT2D eigenvalue weighted by atomic mass is 35.5. The number of esters is 1. The molecule has 1 rings (SSSR count). The molecule has 0 aliphatic carbocycles. The Bertz CT molecular complexity index is 548. The van der Waals surface area contributed by atoms with Gasteiger partial charge in [-0.15, -0.1) is 0 Å². The fourth-order valence-corrected chi connectivity index (χ4v) is 1.63. The first-order chi connectivity index (χ1) is 9.24. The lowest BCUT2D eigenvalue weighted by molar-refractivity contribution is -0.182. The predicted molar refractivity (Wildman–Crippen MR) is 72.1 cm³/mol. The van der Waals surface area contributed by atoms with Gasteiger partial charge in [0.15, 0.2) is 6.61 Å². The fraction of sp³-hybridized carbons (Fsp3) is 0.214. The largest absolute Gasteiger partial charge is 0.452 e. The highest BCUT2D eigenvalue weighted by molar-refractivity contribution is 6.43. The summed E-state index contributed by atoms with van der Waals surface area (Å²) in [7, 11) is 0. The molecule has 1 aromatic rings. The Morgan fingerprint density at radius 1 is 1.40 bits per heavy atom. The smallest absolute Gasteiger partial charge is 0.422 e. The third-order valence-electron chi connectivity index (χ3n) is 2.48. The van der Waals surface area contributed by atoms with E-state index in [-0.39, 0.29) is 0 Å². The summed E-state index contributed by atoms with van der Waals surface area (Å²) in [6.45, 7) is 3.75. The molecule has 0 aliphatic rings. The Balaban J connectivity index is 2.89. The van der Waals surface area contributed by atoms with Crippen LogP contribution in [-0.4, -0.2) is 18.8 Å². The first-order valence-corrected chi connectivity index (χ1v) is 5.95. The monoisotopic (exact) mass is 304 g/mol. The van der Waals surface area contributed by atoms with E-state index in [4.69, 9.17) is 11.6 Å². The van der Waals surface area contributed by atoms with Crippen molar-refractivity contribution in [3.8, 4) is 0 Å². The normalized spacial score (nSPS) is 12.2. The van der Waals surface area contributed by atoms with Crippen LogP contribution < -0.4 is 0 Å². The van der Waals surface area contributed by atoms with Crippen molar-refractivity contribution in [1.29, 1.82) is 0 Å². The second kappa shape index (κ2) is 6.61. The Morgan fingerprint density at radius 3 is 2.55 bits per heavy atom. The highest BCUT2D eigenvalue weighted by Gasteiger charge is 2.30. The van der Waals surface area contributed by atoms with Crippen molar-refractivity contribution in [1.82, 2.24) is 0 Å². The number of hydrogen-bond acceptors (Lipinski definition) is 2. The number of benzene rings is 1. The van der Waals surface area contributed by atoms with Gasteiger partial charge in [-0.1, -0.05) is 42.5 Å². The zero-order valence-corrected chi connectivity index (χ0v) is 11.4. The van der Waals surface area contributed by atoms with Crippen LogP contribution in [0, 0.1) is 6.92 Å². The van der Waals surface area contributed by atoms with Crippen LogP contribution in [0.1, 0.15) is 16.7 Å². The Kier molecular flexibility index (Phi) is 5.39. The maximum atomic E-state index is 11.9. The third kappa shape index (κ3) is 4.74. The van der Waals surface area contributed by atoms with Crippen molar-refractivity contribution in [2.75, 3.05) is 6.61 Å². The van der Waals surface area contributed by atoms with Crippen molar-refractivity contribution in [2.45, 2.75) is 13.1 Å². The predicted octanol–water partition coefficient (Wildman–Crippen LogP) is 4.32. The van der Waals surface area contributed by atoms with Crippen LogP contribution in [0.15, 0.2) is 29.8 Å². The number of halogens is 4. The van der Waals surface area contributed by atoms with Gasteiger partial charge in [-0.05, 0) is 29.7 Å². The van der Waals surface area contributed by atoms with E-state index in [1.54, 1.807) is 25.1 Å². The Morgan fingerprint density at radius 2 is 2.00 bits per heavy atom. The van der Waals surface area contributed by atoms with E-state index in [1.165, 1.54) is 6.08 Å². The molecule has 0 radical (unpaired) electrons. The molecule has 0 saturated carbocycles. The molecule has 0 aromatic heterocycles. The third-order valence-corrected chi connectivity index (χ3v) is 2.75. The lowest BCUT2D eigenvalue weighted by Gasteiger charge is -2.08. The van der Waals surface area contributed by atoms with Crippen molar-refractivity contribution >= 4 is 29.7 Å². The van der Waals surface area contributed by atoms with E-state index >= 15 is 0 Å². The molecule has 0 N–H and O–H groups in total. The number of hydrogen-bond donors (Lipinski definition) is 0. The molecule has 0 amide bonds. The van der Waals surface area contributed by atoms with E-state index in [2.05, 4.69) is 11.3 Å². The topological polar surface area (TPSA) is 26.3 Å². The summed E-state index contributed by atoms with van der Waals surface area (Å²) in [5.74, 6) is -1.22. The number of alkyl halides is 3. The first kappa shape index (κ1) is 16.3. The summed E-state index contributed by atoms with van der Waals surface area (Å²) >= 11 is 5.66. The molecule has 0 heterocycles. The number of carbonyl (C=O) groups is 1. The lowest BCUT2D eigenvalue weighted by atomic mass is 10.0. The summed E-state index contributed by atoms with van der Waals surface area (Å²) in [4.78, 5) is 11.3. The van der Waals surface area contributed by atoms with Crippen molar-refractivity contribution < 1.29 is 22.7 Å². The van der Waals surface area contributed by atoms with Gasteiger partial charge >= 0.3 is 12.1 Å². The van der Waals surface area contributed by atoms with Gasteiger partial charge in [0.25, 0.3) is 0 Å². The molecule has 20 heavy (non-hydrogen) atoms. The van der Waals surface area contributed by atoms with E-state index in [0.29, 0.717) is 5.56 Å². The first-order valence-electron chi connectivity index (χ1n) is 5.57. The summed E-state index contributed by atoms with van der Waals surface area (Å²) in [5.41, 5.74) is 2.26. The van der Waals surface area contributed by atoms with Crippen molar-refractivity contribution in [3.63, 3.8) is 0 Å². The summed E-state index contributed by atoms with van der Waals surface area (Å²) < 4.78 is 39.8. The van der Waals surface area contributed by atoms with Gasteiger partial charge in [0.05, 0.1) is 0 Å². The van der Waals surface area contributed by atoms with Crippen LogP contribution in [0.5, 0.6) is 0 Å². The van der Waals surface area contributed by atoms with Gasteiger partial charge in [0.2, 0.25) is 0 Å². The Labute approximate surface area is 119 Å². The van der Waals surface area contributed by atoms with Crippen LogP contribution in [-0.2, 0) is 9.53 Å². The second-order valence-electron chi connectivity index (χ2n) is 3.95. The summed E-state index contributed by atoms with van der Waals surface area (Å²) in [6.07, 6.45) is -1.68. The summed E-state index contributed by atoms with van der Waals surface area (Å²) in [6, 6.07) is 5.22. The number of ether oxygens (including phenoxy) is 1. The maximum Gasteiger partial charge on any atom is 0.422 e. The molecule has 0 atom stereocenters. The van der Waals surface area contributed by atoms with E-state index in [1.807, 2.05) is 6.07 Å². The zero-order valence-electron chi connectivity index (χ0n) is 10.6. The van der Waals surface area contributed by atoms with Crippen LogP contribution >= 0.6 is 11.6 Å². The molecular formula is C14H12ClF3O2. The quantitative estimate of drug-likeness (QED) is 0.611. The lowest BCUT2D eigenvalue weighted by Crippen LogP contribution is -2.20. The average molecular weight is 305 g/mol. The van der Waals surface area contributed by atoms with Crippen LogP contribution in [0.4, 0.5) is 13.2 Å². The van der Waals surface area contributed by atoms with Gasteiger partial charge in [-0.2, -0.15) is 13.2 Å². The molecule has 0 saturated heterocycles. The van der Waals surface area contributed by atoms with E-state index in [0.717, 1.165) is 11.1 Å². The van der Waals surface area contributed by atoms with Gasteiger partial charge < -0.3 is 4.74 Å². The van der Waals surface area contributed by atoms with Gasteiger partial charge in [-0.25, -0.2) is 4.79 Å². The molecule has 0 fully saturated rings. The molecule has 108 valence electrons. The minimum absolute atomic E-state index is 0.418. The summed E-state index contributed by atoms with van der Waals surface area (Å²) in [5, 5.41) is -0.418. The molecule has 1 aromatic carbocycles. The average Bonchev–Trinajstić information content (AvgIpc) is 2.37. The minimum atomic E-state index is -4.58. The number of rotatable bonds is 4. The van der Waals surface area contributed by atoms with Gasteiger partial charge in [0.1, 0.15) is 5.03 Å².